The molecule has 0 aromatic heterocycles. The number of rotatable bonds is 3. The van der Waals surface area contributed by atoms with E-state index in [9.17, 15) is 14.4 Å². The molecule has 3 N–H and O–H groups in total. The topological polar surface area (TPSA) is 112 Å². The zero-order chi connectivity index (χ0) is 10.9. The lowest BCUT2D eigenvalue weighted by molar-refractivity contribution is -0.157. The van der Waals surface area contributed by atoms with E-state index in [-0.39, 0.29) is 0 Å². The molecular weight excluding hydrogens is 192 g/mol. The second-order valence-electron chi connectivity index (χ2n) is 2.98. The minimum absolute atomic E-state index is 1.11. The number of aliphatic carboxylic acids is 3. The molecule has 76 valence electrons. The van der Waals surface area contributed by atoms with Crippen molar-refractivity contribution in [2.45, 2.75) is 0 Å². The molecule has 0 radical (unpaired) electrons. The first-order valence-corrected chi connectivity index (χ1v) is 3.82. The Hall–Kier alpha value is -1.85. The van der Waals surface area contributed by atoms with Gasteiger partial charge >= 0.3 is 17.9 Å². The van der Waals surface area contributed by atoms with E-state index < -0.39 is 35.7 Å². The SMILES string of the molecule is O=C(O)C1C=CC(C(=O)O)C1C(=O)O. The predicted molar refractivity (Wildman–Crippen MR) is 42.5 cm³/mol. The molecule has 0 aromatic rings. The van der Waals surface area contributed by atoms with Crippen LogP contribution in [0, 0.1) is 17.8 Å². The van der Waals surface area contributed by atoms with E-state index in [2.05, 4.69) is 0 Å². The highest BCUT2D eigenvalue weighted by Gasteiger charge is 2.44. The van der Waals surface area contributed by atoms with E-state index in [0.717, 1.165) is 12.2 Å². The molecule has 0 spiro atoms. The van der Waals surface area contributed by atoms with E-state index in [1.54, 1.807) is 0 Å². The van der Waals surface area contributed by atoms with Gasteiger partial charge in [-0.05, 0) is 0 Å². The number of hydrogen-bond acceptors (Lipinski definition) is 3. The van der Waals surface area contributed by atoms with Crippen LogP contribution in [0.25, 0.3) is 0 Å². The normalized spacial score (nSPS) is 30.1. The van der Waals surface area contributed by atoms with Crippen LogP contribution in [0.15, 0.2) is 12.2 Å². The molecule has 6 heteroatoms. The van der Waals surface area contributed by atoms with Crippen LogP contribution in [0.1, 0.15) is 0 Å². The average molecular weight is 200 g/mol. The summed E-state index contributed by atoms with van der Waals surface area (Å²) in [6, 6.07) is 0. The highest BCUT2D eigenvalue weighted by molar-refractivity contribution is 5.89. The van der Waals surface area contributed by atoms with Crippen LogP contribution in [0.2, 0.25) is 0 Å². The summed E-state index contributed by atoms with van der Waals surface area (Å²) in [5, 5.41) is 25.9. The first kappa shape index (κ1) is 10.2. The minimum atomic E-state index is -1.41. The fourth-order valence-electron chi connectivity index (χ4n) is 1.48. The Morgan fingerprint density at radius 2 is 1.14 bits per heavy atom. The van der Waals surface area contributed by atoms with Gasteiger partial charge in [-0.3, -0.25) is 14.4 Å². The Bertz CT molecular complexity index is 294. The maximum atomic E-state index is 10.7. The molecule has 0 saturated carbocycles. The Labute approximate surface area is 78.5 Å². The van der Waals surface area contributed by atoms with Crippen molar-refractivity contribution in [3.8, 4) is 0 Å². The van der Waals surface area contributed by atoms with Crippen molar-refractivity contribution in [2.75, 3.05) is 0 Å². The lowest BCUT2D eigenvalue weighted by atomic mass is 9.88. The zero-order valence-electron chi connectivity index (χ0n) is 6.95. The van der Waals surface area contributed by atoms with Gasteiger partial charge in [0.2, 0.25) is 0 Å². The van der Waals surface area contributed by atoms with E-state index in [0.29, 0.717) is 0 Å². The van der Waals surface area contributed by atoms with Crippen LogP contribution in [0.3, 0.4) is 0 Å². The number of carboxylic acid groups (broad SMARTS) is 3. The van der Waals surface area contributed by atoms with Gasteiger partial charge < -0.3 is 15.3 Å². The van der Waals surface area contributed by atoms with Crippen LogP contribution in [0.4, 0.5) is 0 Å². The number of carbonyl (C=O) groups is 3. The highest BCUT2D eigenvalue weighted by atomic mass is 16.4. The van der Waals surface area contributed by atoms with Gasteiger partial charge in [-0.15, -0.1) is 0 Å². The van der Waals surface area contributed by atoms with Gasteiger partial charge in [0, 0.05) is 0 Å². The summed E-state index contributed by atoms with van der Waals surface area (Å²) in [7, 11) is 0. The van der Waals surface area contributed by atoms with E-state index >= 15 is 0 Å². The Kier molecular flexibility index (Phi) is 2.55. The summed E-state index contributed by atoms with van der Waals surface area (Å²) in [5.41, 5.74) is 0. The summed E-state index contributed by atoms with van der Waals surface area (Å²) in [6.07, 6.45) is 2.22. The summed E-state index contributed by atoms with van der Waals surface area (Å²) < 4.78 is 0. The first-order chi connectivity index (χ1) is 6.45. The van der Waals surface area contributed by atoms with Crippen molar-refractivity contribution in [1.29, 1.82) is 0 Å². The molecule has 1 aliphatic carbocycles. The molecule has 0 aromatic carbocycles. The lowest BCUT2D eigenvalue weighted by Gasteiger charge is -2.14. The van der Waals surface area contributed by atoms with Crippen molar-refractivity contribution in [2.24, 2.45) is 17.8 Å². The molecule has 0 fully saturated rings. The first-order valence-electron chi connectivity index (χ1n) is 3.82. The van der Waals surface area contributed by atoms with Crippen LogP contribution in [-0.4, -0.2) is 33.2 Å². The minimum Gasteiger partial charge on any atom is -0.481 e. The van der Waals surface area contributed by atoms with Gasteiger partial charge in [-0.2, -0.15) is 0 Å². The number of carboxylic acids is 3. The molecule has 1 aliphatic rings. The fourth-order valence-corrected chi connectivity index (χ4v) is 1.48. The zero-order valence-corrected chi connectivity index (χ0v) is 6.95. The van der Waals surface area contributed by atoms with Crippen LogP contribution < -0.4 is 0 Å². The van der Waals surface area contributed by atoms with Gasteiger partial charge in [0.15, 0.2) is 0 Å². The highest BCUT2D eigenvalue weighted by Crippen LogP contribution is 2.31. The molecule has 0 amide bonds. The van der Waals surface area contributed by atoms with Crippen molar-refractivity contribution in [3.05, 3.63) is 12.2 Å². The van der Waals surface area contributed by atoms with Crippen LogP contribution in [0.5, 0.6) is 0 Å². The summed E-state index contributed by atoms with van der Waals surface area (Å²) in [6.45, 7) is 0. The summed E-state index contributed by atoms with van der Waals surface area (Å²) in [5.74, 6) is -7.98. The molecule has 6 nitrogen and oxygen atoms in total. The van der Waals surface area contributed by atoms with Gasteiger partial charge in [0.05, 0.1) is 17.8 Å². The van der Waals surface area contributed by atoms with Crippen molar-refractivity contribution >= 4 is 17.9 Å². The van der Waals surface area contributed by atoms with E-state index in [1.807, 2.05) is 0 Å². The molecule has 1 rings (SSSR count). The van der Waals surface area contributed by atoms with Gasteiger partial charge in [0.1, 0.15) is 0 Å². The van der Waals surface area contributed by atoms with E-state index in [4.69, 9.17) is 15.3 Å². The van der Waals surface area contributed by atoms with Gasteiger partial charge in [-0.1, -0.05) is 12.2 Å². The molecule has 0 saturated heterocycles. The lowest BCUT2D eigenvalue weighted by Crippen LogP contribution is -2.33. The summed E-state index contributed by atoms with van der Waals surface area (Å²) >= 11 is 0. The molecule has 0 bridgehead atoms. The third kappa shape index (κ3) is 1.59. The second-order valence-corrected chi connectivity index (χ2v) is 2.98. The Balaban J connectivity index is 2.96. The smallest absolute Gasteiger partial charge is 0.311 e. The van der Waals surface area contributed by atoms with Crippen LogP contribution in [-0.2, 0) is 14.4 Å². The Morgan fingerprint density at radius 1 is 0.786 bits per heavy atom. The molecule has 0 aliphatic heterocycles. The van der Waals surface area contributed by atoms with Gasteiger partial charge in [0.25, 0.3) is 0 Å². The van der Waals surface area contributed by atoms with Gasteiger partial charge in [-0.25, -0.2) is 0 Å². The quantitative estimate of drug-likeness (QED) is 0.537. The molecule has 2 unspecified atom stereocenters. The maximum absolute atomic E-state index is 10.7. The Morgan fingerprint density at radius 3 is 1.36 bits per heavy atom. The molecule has 14 heavy (non-hydrogen) atoms. The molecule has 0 heterocycles. The van der Waals surface area contributed by atoms with Crippen molar-refractivity contribution in [3.63, 3.8) is 0 Å². The fraction of sp³-hybridized carbons (Fsp3) is 0.375. The molecule has 2 atom stereocenters. The predicted octanol–water partition coefficient (Wildman–Crippen LogP) is -0.341. The third-order valence-electron chi connectivity index (χ3n) is 2.16. The standard InChI is InChI=1S/C8H8O6/c9-6(10)3-1-2-4(7(11)12)5(3)8(13)14/h1-5H,(H,9,10)(H,11,12)(H,13,14). The monoisotopic (exact) mass is 200 g/mol. The van der Waals surface area contributed by atoms with E-state index in [1.165, 1.54) is 0 Å². The summed E-state index contributed by atoms with van der Waals surface area (Å²) in [4.78, 5) is 31.8. The van der Waals surface area contributed by atoms with Crippen LogP contribution >= 0.6 is 0 Å². The average Bonchev–Trinajstić information content (AvgIpc) is 2.46. The second kappa shape index (κ2) is 3.49. The third-order valence-corrected chi connectivity index (χ3v) is 2.16. The van der Waals surface area contributed by atoms with Crippen molar-refractivity contribution in [1.82, 2.24) is 0 Å². The maximum Gasteiger partial charge on any atom is 0.311 e. The largest absolute Gasteiger partial charge is 0.481 e. The molecular formula is C8H8O6. The number of hydrogen-bond donors (Lipinski definition) is 3. The van der Waals surface area contributed by atoms with Crippen molar-refractivity contribution < 1.29 is 29.7 Å².